The van der Waals surface area contributed by atoms with E-state index in [9.17, 15) is 13.2 Å². The molecule has 2 heterocycles. The third-order valence-corrected chi connectivity index (χ3v) is 3.94. The van der Waals surface area contributed by atoms with Crippen LogP contribution in [0.3, 0.4) is 0 Å². The van der Waals surface area contributed by atoms with Gasteiger partial charge in [-0.3, -0.25) is 0 Å². The number of nitrogens with one attached hydrogen (secondary N) is 1. The highest BCUT2D eigenvalue weighted by atomic mass is 19.4. The van der Waals surface area contributed by atoms with Crippen molar-refractivity contribution in [2.75, 3.05) is 29.9 Å². The summed E-state index contributed by atoms with van der Waals surface area (Å²) in [7, 11) is 0. The minimum absolute atomic E-state index is 0.253. The molecule has 0 unspecified atom stereocenters. The minimum Gasteiger partial charge on any atom is -0.370 e. The van der Waals surface area contributed by atoms with Gasteiger partial charge in [-0.15, -0.1) is 0 Å². The Labute approximate surface area is 123 Å². The zero-order valence-corrected chi connectivity index (χ0v) is 12.7. The number of nitrogens with zero attached hydrogens (tertiary/aromatic N) is 2. The molecule has 118 valence electrons. The largest absolute Gasteiger partial charge is 0.416 e. The van der Waals surface area contributed by atoms with Crippen LogP contribution in [0.4, 0.5) is 24.8 Å². The topological polar surface area (TPSA) is 28.2 Å². The number of pyridine rings is 1. The minimum atomic E-state index is -4.35. The van der Waals surface area contributed by atoms with Gasteiger partial charge in [0.25, 0.3) is 0 Å². The van der Waals surface area contributed by atoms with Gasteiger partial charge in [0.05, 0.1) is 5.56 Å². The van der Waals surface area contributed by atoms with Crippen molar-refractivity contribution in [1.82, 2.24) is 4.98 Å². The molecule has 1 aliphatic rings. The van der Waals surface area contributed by atoms with E-state index >= 15 is 0 Å². The maximum absolute atomic E-state index is 13.0. The monoisotopic (exact) mass is 301 g/mol. The molecule has 0 aromatic carbocycles. The highest BCUT2D eigenvalue weighted by Crippen LogP contribution is 2.35. The molecule has 0 bridgehead atoms. The van der Waals surface area contributed by atoms with Crippen molar-refractivity contribution in [2.45, 2.75) is 39.8 Å². The van der Waals surface area contributed by atoms with Crippen LogP contribution < -0.4 is 10.2 Å². The van der Waals surface area contributed by atoms with Crippen molar-refractivity contribution < 1.29 is 13.2 Å². The van der Waals surface area contributed by atoms with Crippen molar-refractivity contribution in [2.24, 2.45) is 5.41 Å². The van der Waals surface area contributed by atoms with Gasteiger partial charge < -0.3 is 10.2 Å². The third-order valence-electron chi connectivity index (χ3n) is 3.94. The summed E-state index contributed by atoms with van der Waals surface area (Å²) < 4.78 is 39.0. The van der Waals surface area contributed by atoms with Crippen LogP contribution in [0.15, 0.2) is 12.1 Å². The number of halogens is 3. The number of rotatable bonds is 3. The van der Waals surface area contributed by atoms with Gasteiger partial charge in [0.15, 0.2) is 0 Å². The average molecular weight is 301 g/mol. The maximum Gasteiger partial charge on any atom is 0.416 e. The van der Waals surface area contributed by atoms with Crippen molar-refractivity contribution in [1.29, 1.82) is 0 Å². The fraction of sp³-hybridized carbons (Fsp3) is 0.667. The average Bonchev–Trinajstić information content (AvgIpc) is 2.37. The van der Waals surface area contributed by atoms with Crippen molar-refractivity contribution in [3.63, 3.8) is 0 Å². The molecule has 0 aliphatic carbocycles. The van der Waals surface area contributed by atoms with Gasteiger partial charge in [-0.2, -0.15) is 13.2 Å². The molecule has 1 aliphatic heterocycles. The van der Waals surface area contributed by atoms with E-state index in [1.807, 2.05) is 11.8 Å². The number of alkyl halides is 3. The number of hydrogen-bond acceptors (Lipinski definition) is 3. The van der Waals surface area contributed by atoms with E-state index in [1.54, 1.807) is 0 Å². The molecule has 1 aromatic heterocycles. The molecule has 1 saturated heterocycles. The first-order valence-corrected chi connectivity index (χ1v) is 7.29. The van der Waals surface area contributed by atoms with Crippen LogP contribution in [0.2, 0.25) is 0 Å². The van der Waals surface area contributed by atoms with Gasteiger partial charge in [0.1, 0.15) is 11.6 Å². The highest BCUT2D eigenvalue weighted by molar-refractivity contribution is 5.51. The SMILES string of the molecule is CCNc1cc(C(F)(F)F)cc(N2CCC(C)(C)CC2)n1. The second-order valence-electron chi connectivity index (χ2n) is 6.28. The van der Waals surface area contributed by atoms with Crippen LogP contribution >= 0.6 is 0 Å². The van der Waals surface area contributed by atoms with Crippen molar-refractivity contribution in [3.8, 4) is 0 Å². The first kappa shape index (κ1) is 15.9. The Hall–Kier alpha value is -1.46. The van der Waals surface area contributed by atoms with Gasteiger partial charge in [-0.1, -0.05) is 13.8 Å². The summed E-state index contributed by atoms with van der Waals surface area (Å²) >= 11 is 0. The summed E-state index contributed by atoms with van der Waals surface area (Å²) in [4.78, 5) is 6.27. The van der Waals surface area contributed by atoms with E-state index in [0.717, 1.165) is 38.1 Å². The third kappa shape index (κ3) is 4.02. The van der Waals surface area contributed by atoms with Gasteiger partial charge in [0.2, 0.25) is 0 Å². The molecule has 1 fully saturated rings. The second-order valence-corrected chi connectivity index (χ2v) is 6.28. The lowest BCUT2D eigenvalue weighted by Gasteiger charge is -2.37. The van der Waals surface area contributed by atoms with E-state index in [0.29, 0.717) is 12.4 Å². The quantitative estimate of drug-likeness (QED) is 0.908. The molecule has 0 amide bonds. The lowest BCUT2D eigenvalue weighted by molar-refractivity contribution is -0.137. The van der Waals surface area contributed by atoms with Gasteiger partial charge in [0, 0.05) is 19.6 Å². The standard InChI is InChI=1S/C15H22F3N3/c1-4-19-12-9-11(15(16,17)18)10-13(20-12)21-7-5-14(2,3)6-8-21/h9-10H,4-8H2,1-3H3,(H,19,20). The Morgan fingerprint density at radius 2 is 1.86 bits per heavy atom. The number of piperidine rings is 1. The predicted molar refractivity (Wildman–Crippen MR) is 78.6 cm³/mol. The fourth-order valence-electron chi connectivity index (χ4n) is 2.45. The normalized spacial score (nSPS) is 18.7. The Balaban J connectivity index is 2.28. The van der Waals surface area contributed by atoms with E-state index in [2.05, 4.69) is 24.1 Å². The summed E-state index contributed by atoms with van der Waals surface area (Å²) in [6.45, 7) is 8.24. The molecule has 0 radical (unpaired) electrons. The zero-order chi connectivity index (χ0) is 15.7. The van der Waals surface area contributed by atoms with Crippen LogP contribution in [0.1, 0.15) is 39.2 Å². The lowest BCUT2D eigenvalue weighted by Crippen LogP contribution is -2.38. The molecule has 6 heteroatoms. The maximum atomic E-state index is 13.0. The molecular weight excluding hydrogens is 279 g/mol. The molecule has 21 heavy (non-hydrogen) atoms. The van der Waals surface area contributed by atoms with Crippen molar-refractivity contribution in [3.05, 3.63) is 17.7 Å². The molecule has 0 saturated carbocycles. The Morgan fingerprint density at radius 1 is 1.24 bits per heavy atom. The Kier molecular flexibility index (Phi) is 4.35. The Morgan fingerprint density at radius 3 is 2.38 bits per heavy atom. The van der Waals surface area contributed by atoms with Crippen LogP contribution in [0, 0.1) is 5.41 Å². The molecule has 0 atom stereocenters. The summed E-state index contributed by atoms with van der Waals surface area (Å²) in [6, 6.07) is 2.22. The second kappa shape index (κ2) is 5.73. The predicted octanol–water partition coefficient (Wildman–Crippen LogP) is 4.16. The van der Waals surface area contributed by atoms with Crippen LogP contribution in [-0.4, -0.2) is 24.6 Å². The lowest BCUT2D eigenvalue weighted by atomic mass is 9.83. The van der Waals surface area contributed by atoms with E-state index in [-0.39, 0.29) is 11.2 Å². The summed E-state index contributed by atoms with van der Waals surface area (Å²) in [5, 5.41) is 2.88. The summed E-state index contributed by atoms with van der Waals surface area (Å²) in [6.07, 6.45) is -2.43. The van der Waals surface area contributed by atoms with Crippen LogP contribution in [0.25, 0.3) is 0 Å². The Bertz CT molecular complexity index is 487. The first-order chi connectivity index (χ1) is 9.71. The number of anilines is 2. The van der Waals surface area contributed by atoms with Gasteiger partial charge in [-0.25, -0.2) is 4.98 Å². The zero-order valence-electron chi connectivity index (χ0n) is 12.7. The first-order valence-electron chi connectivity index (χ1n) is 7.29. The van der Waals surface area contributed by atoms with Crippen molar-refractivity contribution >= 4 is 11.6 Å². The van der Waals surface area contributed by atoms with E-state index in [1.165, 1.54) is 0 Å². The van der Waals surface area contributed by atoms with E-state index < -0.39 is 11.7 Å². The van der Waals surface area contributed by atoms with E-state index in [4.69, 9.17) is 0 Å². The number of hydrogen-bond donors (Lipinski definition) is 1. The van der Waals surface area contributed by atoms with Crippen LogP contribution in [-0.2, 0) is 6.18 Å². The summed E-state index contributed by atoms with van der Waals surface area (Å²) in [5.41, 5.74) is -0.392. The van der Waals surface area contributed by atoms with Gasteiger partial charge in [-0.05, 0) is 37.3 Å². The molecule has 0 spiro atoms. The molecular formula is C15H22F3N3. The smallest absolute Gasteiger partial charge is 0.370 e. The molecule has 1 N–H and O–H groups in total. The molecule has 2 rings (SSSR count). The fourth-order valence-corrected chi connectivity index (χ4v) is 2.45. The molecule has 3 nitrogen and oxygen atoms in total. The van der Waals surface area contributed by atoms with Crippen LogP contribution in [0.5, 0.6) is 0 Å². The summed E-state index contributed by atoms with van der Waals surface area (Å²) in [5.74, 6) is 0.698. The highest BCUT2D eigenvalue weighted by Gasteiger charge is 2.33. The molecule has 1 aromatic rings. The van der Waals surface area contributed by atoms with Gasteiger partial charge >= 0.3 is 6.18 Å². The number of aromatic nitrogens is 1.